The fourth-order valence-corrected chi connectivity index (χ4v) is 1.19. The third-order valence-corrected chi connectivity index (χ3v) is 2.10. The van der Waals surface area contributed by atoms with Crippen LogP contribution in [0.2, 0.25) is 0 Å². The van der Waals surface area contributed by atoms with Gasteiger partial charge in [0, 0.05) is 6.04 Å². The van der Waals surface area contributed by atoms with E-state index in [1.54, 1.807) is 13.0 Å². The molecule has 0 radical (unpaired) electrons. The summed E-state index contributed by atoms with van der Waals surface area (Å²) in [6.07, 6.45) is 0.683. The van der Waals surface area contributed by atoms with Crippen molar-refractivity contribution in [3.8, 4) is 0 Å². The first-order chi connectivity index (χ1) is 6.15. The van der Waals surface area contributed by atoms with E-state index in [0.29, 0.717) is 18.5 Å². The number of aryl methyl sites for hydroxylation is 1. The molecular formula is C10H15FN2. The number of hydrogen-bond acceptors (Lipinski definition) is 2. The van der Waals surface area contributed by atoms with E-state index in [9.17, 15) is 4.39 Å². The van der Waals surface area contributed by atoms with E-state index < -0.39 is 0 Å². The van der Waals surface area contributed by atoms with Crippen LogP contribution in [0.1, 0.15) is 23.6 Å². The van der Waals surface area contributed by atoms with Crippen molar-refractivity contribution in [2.45, 2.75) is 19.4 Å². The molecule has 1 atom stereocenters. The minimum atomic E-state index is -0.204. The van der Waals surface area contributed by atoms with Crippen molar-refractivity contribution in [2.24, 2.45) is 11.5 Å². The van der Waals surface area contributed by atoms with Gasteiger partial charge in [0.25, 0.3) is 0 Å². The Bertz CT molecular complexity index is 286. The molecule has 1 aromatic rings. The highest BCUT2D eigenvalue weighted by atomic mass is 19.1. The molecule has 0 aliphatic heterocycles. The highest BCUT2D eigenvalue weighted by Gasteiger charge is 2.06. The third kappa shape index (κ3) is 2.50. The standard InChI is InChI=1S/C10H15FN2/c1-7-2-3-8(6-9(7)11)10(13)4-5-12/h2-3,6,10H,4-5,12-13H2,1H3/t10-/m1/s1. The maximum Gasteiger partial charge on any atom is 0.126 e. The number of hydrogen-bond donors (Lipinski definition) is 2. The number of benzene rings is 1. The van der Waals surface area contributed by atoms with E-state index in [4.69, 9.17) is 11.5 Å². The van der Waals surface area contributed by atoms with Gasteiger partial charge in [-0.1, -0.05) is 12.1 Å². The maximum absolute atomic E-state index is 13.1. The Morgan fingerprint density at radius 3 is 2.69 bits per heavy atom. The lowest BCUT2D eigenvalue weighted by Gasteiger charge is -2.10. The molecule has 1 rings (SSSR count). The Labute approximate surface area is 77.7 Å². The predicted molar refractivity (Wildman–Crippen MR) is 51.7 cm³/mol. The molecule has 0 fully saturated rings. The first kappa shape index (κ1) is 10.2. The molecule has 72 valence electrons. The molecule has 0 aromatic heterocycles. The second kappa shape index (κ2) is 4.35. The van der Waals surface area contributed by atoms with Crippen LogP contribution in [0.15, 0.2) is 18.2 Å². The highest BCUT2D eigenvalue weighted by molar-refractivity contribution is 5.25. The zero-order chi connectivity index (χ0) is 9.84. The van der Waals surface area contributed by atoms with Crippen LogP contribution in [0.4, 0.5) is 4.39 Å². The first-order valence-corrected chi connectivity index (χ1v) is 4.37. The molecule has 4 N–H and O–H groups in total. The second-order valence-electron chi connectivity index (χ2n) is 3.19. The zero-order valence-electron chi connectivity index (χ0n) is 7.76. The Hall–Kier alpha value is -0.930. The van der Waals surface area contributed by atoms with Crippen LogP contribution >= 0.6 is 0 Å². The molecule has 0 saturated heterocycles. The van der Waals surface area contributed by atoms with Gasteiger partial charge in [-0.05, 0) is 37.1 Å². The fraction of sp³-hybridized carbons (Fsp3) is 0.400. The average molecular weight is 182 g/mol. The largest absolute Gasteiger partial charge is 0.330 e. The Kier molecular flexibility index (Phi) is 3.39. The number of halogens is 1. The normalized spacial score (nSPS) is 12.9. The van der Waals surface area contributed by atoms with Crippen LogP contribution in [0.3, 0.4) is 0 Å². The molecule has 0 unspecified atom stereocenters. The quantitative estimate of drug-likeness (QED) is 0.744. The number of rotatable bonds is 3. The van der Waals surface area contributed by atoms with Crippen molar-refractivity contribution < 1.29 is 4.39 Å². The van der Waals surface area contributed by atoms with Crippen molar-refractivity contribution in [2.75, 3.05) is 6.54 Å². The van der Waals surface area contributed by atoms with Crippen LogP contribution in [-0.4, -0.2) is 6.54 Å². The van der Waals surface area contributed by atoms with Crippen LogP contribution in [0.5, 0.6) is 0 Å². The van der Waals surface area contributed by atoms with Gasteiger partial charge in [0.2, 0.25) is 0 Å². The van der Waals surface area contributed by atoms with Gasteiger partial charge in [-0.3, -0.25) is 0 Å². The lowest BCUT2D eigenvalue weighted by atomic mass is 10.0. The van der Waals surface area contributed by atoms with Crippen LogP contribution in [0.25, 0.3) is 0 Å². The van der Waals surface area contributed by atoms with E-state index in [-0.39, 0.29) is 11.9 Å². The first-order valence-electron chi connectivity index (χ1n) is 4.37. The van der Waals surface area contributed by atoms with Gasteiger partial charge in [0.1, 0.15) is 5.82 Å². The molecule has 2 nitrogen and oxygen atoms in total. The summed E-state index contributed by atoms with van der Waals surface area (Å²) in [7, 11) is 0. The van der Waals surface area contributed by atoms with Gasteiger partial charge in [-0.15, -0.1) is 0 Å². The summed E-state index contributed by atoms with van der Waals surface area (Å²) in [5, 5.41) is 0. The van der Waals surface area contributed by atoms with Gasteiger partial charge in [-0.2, -0.15) is 0 Å². The fourth-order valence-electron chi connectivity index (χ4n) is 1.19. The van der Waals surface area contributed by atoms with Crippen molar-refractivity contribution in [1.82, 2.24) is 0 Å². The predicted octanol–water partition coefficient (Wildman–Crippen LogP) is 1.48. The molecule has 13 heavy (non-hydrogen) atoms. The summed E-state index contributed by atoms with van der Waals surface area (Å²) in [6, 6.07) is 4.91. The van der Waals surface area contributed by atoms with E-state index in [1.807, 2.05) is 6.07 Å². The molecule has 0 heterocycles. The van der Waals surface area contributed by atoms with Crippen molar-refractivity contribution in [3.63, 3.8) is 0 Å². The molecule has 0 spiro atoms. The topological polar surface area (TPSA) is 52.0 Å². The summed E-state index contributed by atoms with van der Waals surface area (Å²) >= 11 is 0. The summed E-state index contributed by atoms with van der Waals surface area (Å²) in [5.41, 5.74) is 12.6. The summed E-state index contributed by atoms with van der Waals surface area (Å²) in [4.78, 5) is 0. The van der Waals surface area contributed by atoms with Gasteiger partial charge in [0.15, 0.2) is 0 Å². The monoisotopic (exact) mass is 182 g/mol. The van der Waals surface area contributed by atoms with Crippen molar-refractivity contribution in [3.05, 3.63) is 35.1 Å². The Morgan fingerprint density at radius 2 is 2.15 bits per heavy atom. The Morgan fingerprint density at radius 1 is 1.46 bits per heavy atom. The van der Waals surface area contributed by atoms with Crippen LogP contribution in [0, 0.1) is 12.7 Å². The third-order valence-electron chi connectivity index (χ3n) is 2.10. The average Bonchev–Trinajstić information content (AvgIpc) is 2.10. The summed E-state index contributed by atoms with van der Waals surface area (Å²) < 4.78 is 13.1. The van der Waals surface area contributed by atoms with E-state index in [0.717, 1.165) is 5.56 Å². The number of nitrogens with two attached hydrogens (primary N) is 2. The minimum Gasteiger partial charge on any atom is -0.330 e. The highest BCUT2D eigenvalue weighted by Crippen LogP contribution is 2.16. The maximum atomic E-state index is 13.1. The van der Waals surface area contributed by atoms with E-state index in [1.165, 1.54) is 6.07 Å². The molecule has 0 bridgehead atoms. The van der Waals surface area contributed by atoms with Crippen molar-refractivity contribution >= 4 is 0 Å². The molecule has 3 heteroatoms. The summed E-state index contributed by atoms with van der Waals surface area (Å²) in [5.74, 6) is -0.204. The lowest BCUT2D eigenvalue weighted by molar-refractivity contribution is 0.604. The molecule has 0 amide bonds. The van der Waals surface area contributed by atoms with E-state index >= 15 is 0 Å². The molecule has 0 aliphatic carbocycles. The van der Waals surface area contributed by atoms with Gasteiger partial charge < -0.3 is 11.5 Å². The zero-order valence-corrected chi connectivity index (χ0v) is 7.76. The Balaban J connectivity index is 2.84. The van der Waals surface area contributed by atoms with Gasteiger partial charge >= 0.3 is 0 Å². The van der Waals surface area contributed by atoms with E-state index in [2.05, 4.69) is 0 Å². The SMILES string of the molecule is Cc1ccc([C@H](N)CCN)cc1F. The van der Waals surface area contributed by atoms with Crippen LogP contribution < -0.4 is 11.5 Å². The smallest absolute Gasteiger partial charge is 0.126 e. The molecule has 0 saturated carbocycles. The van der Waals surface area contributed by atoms with Crippen LogP contribution in [-0.2, 0) is 0 Å². The molecule has 1 aromatic carbocycles. The molecule has 0 aliphatic rings. The molecular weight excluding hydrogens is 167 g/mol. The lowest BCUT2D eigenvalue weighted by Crippen LogP contribution is -2.15. The minimum absolute atomic E-state index is 0.153. The summed E-state index contributed by atoms with van der Waals surface area (Å²) in [6.45, 7) is 2.25. The second-order valence-corrected chi connectivity index (χ2v) is 3.19. The van der Waals surface area contributed by atoms with Crippen molar-refractivity contribution in [1.29, 1.82) is 0 Å². The van der Waals surface area contributed by atoms with Gasteiger partial charge in [-0.25, -0.2) is 4.39 Å². The van der Waals surface area contributed by atoms with Gasteiger partial charge in [0.05, 0.1) is 0 Å².